The summed E-state index contributed by atoms with van der Waals surface area (Å²) in [4.78, 5) is 3.11. The Morgan fingerprint density at radius 3 is 2.54 bits per heavy atom. The van der Waals surface area contributed by atoms with Crippen molar-refractivity contribution < 1.29 is 13.9 Å². The maximum atomic E-state index is 15.3. The third kappa shape index (κ3) is 5.06. The molecule has 4 aromatic rings. The van der Waals surface area contributed by atoms with Crippen LogP contribution in [-0.4, -0.2) is 28.8 Å². The summed E-state index contributed by atoms with van der Waals surface area (Å²) in [6, 6.07) is 14.6. The molecule has 7 heteroatoms. The Morgan fingerprint density at radius 1 is 1.14 bits per heavy atom. The molecule has 35 heavy (non-hydrogen) atoms. The van der Waals surface area contributed by atoms with Gasteiger partial charge in [-0.25, -0.2) is 8.78 Å². The fourth-order valence-electron chi connectivity index (χ4n) is 4.41. The minimum atomic E-state index is -0.753. The average Bonchev–Trinajstić information content (AvgIpc) is 3.19. The smallest absolute Gasteiger partial charge is 0.139 e. The number of nitrogens with one attached hydrogen (secondary N) is 3. The zero-order valence-corrected chi connectivity index (χ0v) is 21.0. The van der Waals surface area contributed by atoms with Gasteiger partial charge in [0.05, 0.1) is 22.7 Å². The number of aromatic amines is 1. The average molecular weight is 498 g/mol. The van der Waals surface area contributed by atoms with Gasteiger partial charge in [0.2, 0.25) is 0 Å². The minimum Gasteiger partial charge on any atom is -0.390 e. The van der Waals surface area contributed by atoms with Gasteiger partial charge in [-0.15, -0.1) is 0 Å². The van der Waals surface area contributed by atoms with Crippen molar-refractivity contribution in [2.75, 3.05) is 12.4 Å². The first-order chi connectivity index (χ1) is 16.6. The molecule has 1 atom stereocenters. The van der Waals surface area contributed by atoms with Gasteiger partial charge >= 0.3 is 0 Å². The van der Waals surface area contributed by atoms with E-state index in [0.29, 0.717) is 22.3 Å². The molecule has 0 saturated carbocycles. The second-order valence-electron chi connectivity index (χ2n) is 9.50. The molecule has 2 heterocycles. The largest absolute Gasteiger partial charge is 0.390 e. The summed E-state index contributed by atoms with van der Waals surface area (Å²) < 4.78 is 30.1. The van der Waals surface area contributed by atoms with E-state index >= 15 is 4.39 Å². The fraction of sp³-hybridized carbons (Fsp3) is 0.286. The first-order valence-corrected chi connectivity index (χ1v) is 11.9. The molecular formula is C28H30ClF2N3O. The van der Waals surface area contributed by atoms with Gasteiger partial charge in [0.1, 0.15) is 11.6 Å². The summed E-state index contributed by atoms with van der Waals surface area (Å²) in [6.07, 6.45) is 1.22. The Bertz CT molecular complexity index is 1350. The number of anilines is 1. The van der Waals surface area contributed by atoms with Crippen molar-refractivity contribution in [3.63, 3.8) is 0 Å². The van der Waals surface area contributed by atoms with Crippen molar-refractivity contribution in [2.24, 2.45) is 0 Å². The maximum absolute atomic E-state index is 15.3. The number of halogens is 3. The Morgan fingerprint density at radius 2 is 1.86 bits per heavy atom. The lowest BCUT2D eigenvalue weighted by molar-refractivity contribution is 0.109. The topological polar surface area (TPSA) is 60.1 Å². The minimum absolute atomic E-state index is 0.0556. The van der Waals surface area contributed by atoms with Gasteiger partial charge in [0.15, 0.2) is 0 Å². The Kier molecular flexibility index (Phi) is 7.17. The molecule has 0 spiro atoms. The number of para-hydroxylation sites is 1. The number of rotatable bonds is 3. The summed E-state index contributed by atoms with van der Waals surface area (Å²) in [5, 5.41) is 18.1. The van der Waals surface area contributed by atoms with E-state index in [0.717, 1.165) is 22.5 Å². The molecule has 0 fully saturated rings. The number of benzene rings is 3. The van der Waals surface area contributed by atoms with Crippen LogP contribution in [0, 0.1) is 18.6 Å². The van der Waals surface area contributed by atoms with Crippen molar-refractivity contribution in [2.45, 2.75) is 45.4 Å². The van der Waals surface area contributed by atoms with Gasteiger partial charge in [0.25, 0.3) is 0 Å². The molecule has 4 N–H and O–H groups in total. The van der Waals surface area contributed by atoms with E-state index in [9.17, 15) is 9.50 Å². The number of aryl methyl sites for hydroxylation is 1. The predicted molar refractivity (Wildman–Crippen MR) is 140 cm³/mol. The molecule has 1 aromatic heterocycles. The van der Waals surface area contributed by atoms with Crippen molar-refractivity contribution in [1.82, 2.24) is 10.3 Å². The van der Waals surface area contributed by atoms with E-state index in [-0.39, 0.29) is 12.0 Å². The monoisotopic (exact) mass is 497 g/mol. The predicted octanol–water partition coefficient (Wildman–Crippen LogP) is 6.59. The van der Waals surface area contributed by atoms with Crippen LogP contribution in [0.1, 0.15) is 30.5 Å². The van der Waals surface area contributed by atoms with Crippen molar-refractivity contribution in [3.05, 3.63) is 88.1 Å². The van der Waals surface area contributed by atoms with Crippen molar-refractivity contribution in [3.8, 4) is 11.1 Å². The van der Waals surface area contributed by atoms with Gasteiger partial charge in [0, 0.05) is 46.4 Å². The first kappa shape index (κ1) is 25.2. The van der Waals surface area contributed by atoms with Crippen LogP contribution in [0.3, 0.4) is 0 Å². The molecule has 0 bridgehead atoms. The number of fused-ring (bicyclic) bond motifs is 2. The van der Waals surface area contributed by atoms with E-state index < -0.39 is 23.3 Å². The Labute approximate surface area is 209 Å². The number of hydrogen-bond donors (Lipinski definition) is 4. The normalized spacial score (nSPS) is 16.3. The van der Waals surface area contributed by atoms with E-state index in [1.54, 1.807) is 12.1 Å². The lowest BCUT2D eigenvalue weighted by Gasteiger charge is -2.38. The molecule has 0 saturated heterocycles. The van der Waals surface area contributed by atoms with Crippen LogP contribution in [0.4, 0.5) is 14.5 Å². The standard InChI is InChI=1S/C20H20F2N2O.C8H10ClN/c1-10-9-23-19-11(10)5-4-6-12(19)17-14(21)8-15-13(18(17)22)7-16(25)20(2,3)24-15;1-10-6-7-2-4-8(9)5-3-7/h4-6,8-9,16,23-25H,7H2,1-3H3;2-5,10H,6H2,1H3. The summed E-state index contributed by atoms with van der Waals surface area (Å²) in [5.74, 6) is -1.23. The van der Waals surface area contributed by atoms with Crippen molar-refractivity contribution in [1.29, 1.82) is 0 Å². The van der Waals surface area contributed by atoms with E-state index in [1.165, 1.54) is 11.6 Å². The molecule has 5 rings (SSSR count). The molecule has 1 aliphatic heterocycles. The van der Waals surface area contributed by atoms with E-state index in [2.05, 4.69) is 15.6 Å². The summed E-state index contributed by atoms with van der Waals surface area (Å²) in [6.45, 7) is 6.47. The van der Waals surface area contributed by atoms with E-state index in [1.807, 2.05) is 64.3 Å². The summed E-state index contributed by atoms with van der Waals surface area (Å²) >= 11 is 5.69. The second-order valence-corrected chi connectivity index (χ2v) is 9.93. The number of aliphatic hydroxyl groups is 1. The number of aliphatic hydroxyl groups excluding tert-OH is 1. The maximum Gasteiger partial charge on any atom is 0.139 e. The van der Waals surface area contributed by atoms with Gasteiger partial charge in [-0.05, 0) is 57.1 Å². The lowest BCUT2D eigenvalue weighted by atomic mass is 9.84. The molecule has 3 aromatic carbocycles. The van der Waals surface area contributed by atoms with Crippen LogP contribution in [0.2, 0.25) is 5.02 Å². The van der Waals surface area contributed by atoms with Crippen LogP contribution in [0.25, 0.3) is 22.0 Å². The second kappa shape index (κ2) is 9.97. The zero-order chi connectivity index (χ0) is 25.3. The SMILES string of the molecule is CNCc1ccc(Cl)cc1.Cc1c[nH]c2c(-c3c(F)cc4c(c3F)CC(O)C(C)(C)N4)cccc12. The highest BCUT2D eigenvalue weighted by Gasteiger charge is 2.36. The van der Waals surface area contributed by atoms with Gasteiger partial charge in [-0.2, -0.15) is 0 Å². The third-order valence-corrected chi connectivity index (χ3v) is 6.74. The molecule has 0 radical (unpaired) electrons. The van der Waals surface area contributed by atoms with E-state index in [4.69, 9.17) is 11.6 Å². The fourth-order valence-corrected chi connectivity index (χ4v) is 4.53. The lowest BCUT2D eigenvalue weighted by Crippen LogP contribution is -2.48. The highest BCUT2D eigenvalue weighted by Crippen LogP contribution is 2.40. The Balaban J connectivity index is 0.000000243. The zero-order valence-electron chi connectivity index (χ0n) is 20.3. The van der Waals surface area contributed by atoms with Crippen molar-refractivity contribution >= 4 is 28.2 Å². The molecule has 4 nitrogen and oxygen atoms in total. The molecule has 1 unspecified atom stereocenters. The Hall–Kier alpha value is -2.93. The molecular weight excluding hydrogens is 468 g/mol. The molecule has 1 aliphatic rings. The van der Waals surface area contributed by atoms with Crippen LogP contribution in [-0.2, 0) is 13.0 Å². The summed E-state index contributed by atoms with van der Waals surface area (Å²) in [5.41, 5.74) is 3.52. The quantitative estimate of drug-likeness (QED) is 0.258. The number of hydrogen-bond acceptors (Lipinski definition) is 3. The molecule has 0 aliphatic carbocycles. The van der Waals surface area contributed by atoms with Crippen LogP contribution < -0.4 is 10.6 Å². The van der Waals surface area contributed by atoms with Gasteiger partial charge < -0.3 is 20.7 Å². The van der Waals surface area contributed by atoms with Crippen LogP contribution in [0.15, 0.2) is 54.7 Å². The van der Waals surface area contributed by atoms with Crippen LogP contribution >= 0.6 is 11.6 Å². The summed E-state index contributed by atoms with van der Waals surface area (Å²) in [7, 11) is 1.93. The molecule has 184 valence electrons. The number of aromatic nitrogens is 1. The number of H-pyrrole nitrogens is 1. The molecule has 0 amide bonds. The highest BCUT2D eigenvalue weighted by molar-refractivity contribution is 6.30. The van der Waals surface area contributed by atoms with Crippen LogP contribution in [0.5, 0.6) is 0 Å². The van der Waals surface area contributed by atoms with Gasteiger partial charge in [-0.1, -0.05) is 41.9 Å². The first-order valence-electron chi connectivity index (χ1n) is 11.6. The third-order valence-electron chi connectivity index (χ3n) is 6.49. The highest BCUT2D eigenvalue weighted by atomic mass is 35.5. The van der Waals surface area contributed by atoms with Gasteiger partial charge in [-0.3, -0.25) is 0 Å².